The highest BCUT2D eigenvalue weighted by Crippen LogP contribution is 2.19. The molecule has 2 amide bonds. The van der Waals surface area contributed by atoms with Crippen LogP contribution in [-0.2, 0) is 0 Å². The van der Waals surface area contributed by atoms with Crippen molar-refractivity contribution < 1.29 is 9.59 Å². The molecule has 0 aliphatic heterocycles. The van der Waals surface area contributed by atoms with Gasteiger partial charge in [-0.1, -0.05) is 6.07 Å². The van der Waals surface area contributed by atoms with Gasteiger partial charge in [0.15, 0.2) is 0 Å². The maximum absolute atomic E-state index is 12.3. The van der Waals surface area contributed by atoms with Crippen molar-refractivity contribution in [1.82, 2.24) is 10.3 Å². The van der Waals surface area contributed by atoms with Crippen molar-refractivity contribution >= 4 is 29.3 Å². The van der Waals surface area contributed by atoms with Crippen molar-refractivity contribution in [3.8, 4) is 0 Å². The second kappa shape index (κ2) is 6.90. The zero-order chi connectivity index (χ0) is 15.2. The van der Waals surface area contributed by atoms with Crippen LogP contribution in [0.1, 0.15) is 20.7 Å². The molecule has 1 aromatic carbocycles. The van der Waals surface area contributed by atoms with Crippen molar-refractivity contribution in [3.05, 3.63) is 53.7 Å². The van der Waals surface area contributed by atoms with Crippen LogP contribution in [0.15, 0.2) is 47.6 Å². The molecular formula is C15H15N3O2S. The van der Waals surface area contributed by atoms with Gasteiger partial charge in [0.2, 0.25) is 0 Å². The lowest BCUT2D eigenvalue weighted by Crippen LogP contribution is -2.18. The summed E-state index contributed by atoms with van der Waals surface area (Å²) in [6.07, 6.45) is 3.51. The van der Waals surface area contributed by atoms with Gasteiger partial charge in [-0.15, -0.1) is 11.8 Å². The predicted molar refractivity (Wildman–Crippen MR) is 83.8 cm³/mol. The Hall–Kier alpha value is -2.34. The molecule has 0 fully saturated rings. The van der Waals surface area contributed by atoms with Gasteiger partial charge in [0.1, 0.15) is 5.03 Å². The predicted octanol–water partition coefficient (Wildman–Crippen LogP) is 2.42. The number of benzene rings is 1. The van der Waals surface area contributed by atoms with E-state index >= 15 is 0 Å². The summed E-state index contributed by atoms with van der Waals surface area (Å²) in [6.45, 7) is 0. The minimum absolute atomic E-state index is 0.197. The number of pyridine rings is 1. The third kappa shape index (κ3) is 3.61. The molecule has 0 unspecified atom stereocenters. The lowest BCUT2D eigenvalue weighted by Gasteiger charge is -2.09. The summed E-state index contributed by atoms with van der Waals surface area (Å²) >= 11 is 1.41. The van der Waals surface area contributed by atoms with E-state index in [1.807, 2.05) is 6.26 Å². The Balaban J connectivity index is 2.22. The Morgan fingerprint density at radius 2 is 1.95 bits per heavy atom. The second-order valence-corrected chi connectivity index (χ2v) is 4.97. The van der Waals surface area contributed by atoms with E-state index in [1.54, 1.807) is 49.6 Å². The summed E-state index contributed by atoms with van der Waals surface area (Å²) in [6, 6.07) is 10.2. The van der Waals surface area contributed by atoms with Gasteiger partial charge < -0.3 is 10.6 Å². The molecule has 6 heteroatoms. The molecule has 5 nitrogen and oxygen atoms in total. The smallest absolute Gasteiger partial charge is 0.258 e. The van der Waals surface area contributed by atoms with Gasteiger partial charge in [-0.05, 0) is 36.6 Å². The van der Waals surface area contributed by atoms with Crippen molar-refractivity contribution in [2.75, 3.05) is 18.6 Å². The zero-order valence-corrected chi connectivity index (χ0v) is 12.5. The lowest BCUT2D eigenvalue weighted by atomic mass is 10.2. The molecule has 0 aliphatic rings. The third-order valence-corrected chi connectivity index (χ3v) is 3.53. The quantitative estimate of drug-likeness (QED) is 0.851. The van der Waals surface area contributed by atoms with Gasteiger partial charge in [-0.25, -0.2) is 4.98 Å². The lowest BCUT2D eigenvalue weighted by molar-refractivity contribution is 0.0961. The number of hydrogen-bond donors (Lipinski definition) is 2. The molecule has 0 radical (unpaired) electrons. The molecule has 0 bridgehead atoms. The van der Waals surface area contributed by atoms with E-state index in [0.29, 0.717) is 21.8 Å². The topological polar surface area (TPSA) is 71.1 Å². The van der Waals surface area contributed by atoms with Gasteiger partial charge in [0.25, 0.3) is 11.8 Å². The molecule has 21 heavy (non-hydrogen) atoms. The van der Waals surface area contributed by atoms with Gasteiger partial charge in [0, 0.05) is 24.5 Å². The Morgan fingerprint density at radius 1 is 1.14 bits per heavy atom. The van der Waals surface area contributed by atoms with Crippen molar-refractivity contribution in [2.45, 2.75) is 5.03 Å². The van der Waals surface area contributed by atoms with Gasteiger partial charge >= 0.3 is 0 Å². The first kappa shape index (κ1) is 15.1. The Labute approximate surface area is 127 Å². The average molecular weight is 301 g/mol. The molecule has 2 rings (SSSR count). The van der Waals surface area contributed by atoms with E-state index in [4.69, 9.17) is 0 Å². The number of carbonyl (C=O) groups is 2. The zero-order valence-electron chi connectivity index (χ0n) is 11.7. The number of aromatic nitrogens is 1. The van der Waals surface area contributed by atoms with E-state index in [0.717, 1.165) is 0 Å². The van der Waals surface area contributed by atoms with E-state index in [2.05, 4.69) is 15.6 Å². The molecular weight excluding hydrogens is 286 g/mol. The van der Waals surface area contributed by atoms with Crippen LogP contribution in [0.5, 0.6) is 0 Å². The molecule has 1 heterocycles. The number of rotatable bonds is 4. The maximum Gasteiger partial charge on any atom is 0.258 e. The molecule has 0 aliphatic carbocycles. The number of nitrogens with one attached hydrogen (secondary N) is 2. The van der Waals surface area contributed by atoms with E-state index in [9.17, 15) is 9.59 Å². The molecule has 2 N–H and O–H groups in total. The highest BCUT2D eigenvalue weighted by Gasteiger charge is 2.12. The van der Waals surface area contributed by atoms with E-state index in [1.165, 1.54) is 11.8 Å². The first-order valence-electron chi connectivity index (χ1n) is 6.28. The number of thioether (sulfide) groups is 1. The maximum atomic E-state index is 12.3. The van der Waals surface area contributed by atoms with Crippen molar-refractivity contribution in [2.24, 2.45) is 0 Å². The number of anilines is 1. The Morgan fingerprint density at radius 3 is 2.67 bits per heavy atom. The number of nitrogens with zero attached hydrogens (tertiary/aromatic N) is 1. The van der Waals surface area contributed by atoms with Crippen LogP contribution < -0.4 is 10.6 Å². The summed E-state index contributed by atoms with van der Waals surface area (Å²) in [7, 11) is 1.56. The van der Waals surface area contributed by atoms with E-state index in [-0.39, 0.29) is 11.8 Å². The Bertz CT molecular complexity index is 673. The molecule has 0 atom stereocenters. The fraction of sp³-hybridized carbons (Fsp3) is 0.133. The summed E-state index contributed by atoms with van der Waals surface area (Å²) in [4.78, 5) is 28.0. The number of hydrogen-bond acceptors (Lipinski definition) is 4. The molecule has 0 spiro atoms. The summed E-state index contributed by atoms with van der Waals surface area (Å²) in [5.74, 6) is -0.446. The van der Waals surface area contributed by atoms with Gasteiger partial charge in [-0.2, -0.15) is 0 Å². The van der Waals surface area contributed by atoms with Gasteiger partial charge in [-0.3, -0.25) is 9.59 Å². The minimum Gasteiger partial charge on any atom is -0.355 e. The van der Waals surface area contributed by atoms with Crippen LogP contribution in [0.3, 0.4) is 0 Å². The molecule has 2 aromatic rings. The highest BCUT2D eigenvalue weighted by atomic mass is 32.2. The monoisotopic (exact) mass is 301 g/mol. The van der Waals surface area contributed by atoms with E-state index < -0.39 is 0 Å². The van der Waals surface area contributed by atoms with Crippen molar-refractivity contribution in [3.63, 3.8) is 0 Å². The normalized spacial score (nSPS) is 10.0. The minimum atomic E-state index is -0.249. The second-order valence-electron chi connectivity index (χ2n) is 4.17. The summed E-state index contributed by atoms with van der Waals surface area (Å²) < 4.78 is 0. The van der Waals surface area contributed by atoms with Crippen LogP contribution in [-0.4, -0.2) is 30.1 Å². The third-order valence-electron chi connectivity index (χ3n) is 2.82. The summed E-state index contributed by atoms with van der Waals surface area (Å²) in [5, 5.41) is 5.99. The van der Waals surface area contributed by atoms with Crippen LogP contribution in [0.25, 0.3) is 0 Å². The van der Waals surface area contributed by atoms with Crippen LogP contribution in [0, 0.1) is 0 Å². The summed E-state index contributed by atoms with van der Waals surface area (Å²) in [5.41, 5.74) is 1.57. The Kier molecular flexibility index (Phi) is 4.94. The van der Waals surface area contributed by atoms with Crippen LogP contribution in [0.2, 0.25) is 0 Å². The van der Waals surface area contributed by atoms with Crippen LogP contribution in [0.4, 0.5) is 5.69 Å². The number of amides is 2. The number of carbonyl (C=O) groups excluding carboxylic acids is 2. The fourth-order valence-corrected chi connectivity index (χ4v) is 2.35. The highest BCUT2D eigenvalue weighted by molar-refractivity contribution is 7.98. The molecule has 0 saturated carbocycles. The fourth-order valence-electron chi connectivity index (χ4n) is 1.81. The van der Waals surface area contributed by atoms with Gasteiger partial charge in [0.05, 0.1) is 5.56 Å². The molecule has 1 aromatic heterocycles. The van der Waals surface area contributed by atoms with Crippen molar-refractivity contribution in [1.29, 1.82) is 0 Å². The first-order chi connectivity index (χ1) is 10.2. The first-order valence-corrected chi connectivity index (χ1v) is 7.50. The standard InChI is InChI=1S/C15H15N3O2S/c1-16-13(19)10-5-3-6-11(9-10)18-14(20)12-7-4-8-17-15(12)21-2/h3-9H,1-2H3,(H,16,19)(H,18,20). The largest absolute Gasteiger partial charge is 0.355 e. The molecule has 108 valence electrons. The average Bonchev–Trinajstić information content (AvgIpc) is 2.54. The molecule has 0 saturated heterocycles. The van der Waals surface area contributed by atoms with Crippen LogP contribution >= 0.6 is 11.8 Å². The SMILES string of the molecule is CNC(=O)c1cccc(NC(=O)c2cccnc2SC)c1.